The summed E-state index contributed by atoms with van der Waals surface area (Å²) in [6.07, 6.45) is 4.62. The third kappa shape index (κ3) is 3.22. The summed E-state index contributed by atoms with van der Waals surface area (Å²) < 4.78 is 19.4. The van der Waals surface area contributed by atoms with Crippen LogP contribution in [0.15, 0.2) is 18.2 Å². The fourth-order valence-electron chi connectivity index (χ4n) is 2.34. The molecule has 1 aromatic carbocycles. The molecule has 0 aliphatic heterocycles. The van der Waals surface area contributed by atoms with Gasteiger partial charge in [0.2, 0.25) is 0 Å². The summed E-state index contributed by atoms with van der Waals surface area (Å²) in [6.45, 7) is 3.04. The summed E-state index contributed by atoms with van der Waals surface area (Å²) >= 11 is 0. The zero-order chi connectivity index (χ0) is 13.0. The molecule has 3 heteroatoms. The summed E-state index contributed by atoms with van der Waals surface area (Å²) in [7, 11) is 1.60. The summed E-state index contributed by atoms with van der Waals surface area (Å²) in [5.41, 5.74) is 0.695. The zero-order valence-corrected chi connectivity index (χ0v) is 11.2. The van der Waals surface area contributed by atoms with Crippen molar-refractivity contribution in [3.8, 4) is 5.75 Å². The van der Waals surface area contributed by atoms with Crippen molar-refractivity contribution in [2.24, 2.45) is 5.92 Å². The minimum absolute atomic E-state index is 0.0774. The van der Waals surface area contributed by atoms with Crippen molar-refractivity contribution in [2.45, 2.75) is 38.6 Å². The predicted molar refractivity (Wildman–Crippen MR) is 71.3 cm³/mol. The topological polar surface area (TPSA) is 21.3 Å². The molecule has 0 aromatic heterocycles. The number of methoxy groups -OCH3 is 1. The van der Waals surface area contributed by atoms with Crippen LogP contribution in [-0.2, 0) is 0 Å². The molecule has 1 aromatic rings. The van der Waals surface area contributed by atoms with Gasteiger partial charge in [0.1, 0.15) is 11.6 Å². The molecule has 18 heavy (non-hydrogen) atoms. The lowest BCUT2D eigenvalue weighted by Gasteiger charge is -2.21. The molecule has 0 amide bonds. The molecule has 0 bridgehead atoms. The Morgan fingerprint density at radius 1 is 1.44 bits per heavy atom. The van der Waals surface area contributed by atoms with Crippen molar-refractivity contribution in [3.63, 3.8) is 0 Å². The van der Waals surface area contributed by atoms with Crippen LogP contribution in [0.3, 0.4) is 0 Å². The average Bonchev–Trinajstić information content (AvgIpc) is 3.18. The molecule has 0 heterocycles. The second-order valence-electron chi connectivity index (χ2n) is 5.04. The molecule has 1 aliphatic rings. The largest absolute Gasteiger partial charge is 0.496 e. The fraction of sp³-hybridized carbons (Fsp3) is 0.600. The van der Waals surface area contributed by atoms with E-state index < -0.39 is 0 Å². The maximum atomic E-state index is 14.1. The molecule has 2 nitrogen and oxygen atoms in total. The second-order valence-corrected chi connectivity index (χ2v) is 5.04. The van der Waals surface area contributed by atoms with Crippen LogP contribution in [0.2, 0.25) is 0 Å². The SMILES string of the molecule is CCCNC(CC1CC1)c1c(F)cccc1OC. The Bertz CT molecular complexity index is 390. The molecule has 1 fully saturated rings. The minimum atomic E-state index is -0.163. The van der Waals surface area contributed by atoms with Gasteiger partial charge >= 0.3 is 0 Å². The van der Waals surface area contributed by atoms with Crippen LogP contribution < -0.4 is 10.1 Å². The van der Waals surface area contributed by atoms with Gasteiger partial charge in [-0.05, 0) is 37.4 Å². The summed E-state index contributed by atoms with van der Waals surface area (Å²) in [5.74, 6) is 1.25. The zero-order valence-electron chi connectivity index (χ0n) is 11.2. The van der Waals surface area contributed by atoms with Gasteiger partial charge in [-0.15, -0.1) is 0 Å². The van der Waals surface area contributed by atoms with E-state index in [0.717, 1.165) is 25.3 Å². The van der Waals surface area contributed by atoms with E-state index in [1.165, 1.54) is 18.9 Å². The fourth-order valence-corrected chi connectivity index (χ4v) is 2.34. The van der Waals surface area contributed by atoms with Crippen molar-refractivity contribution < 1.29 is 9.13 Å². The van der Waals surface area contributed by atoms with Gasteiger partial charge in [-0.3, -0.25) is 0 Å². The summed E-state index contributed by atoms with van der Waals surface area (Å²) in [6, 6.07) is 5.14. The number of benzene rings is 1. The Hall–Kier alpha value is -1.09. The second kappa shape index (κ2) is 6.19. The lowest BCUT2D eigenvalue weighted by atomic mass is 9.99. The molecule has 1 atom stereocenters. The van der Waals surface area contributed by atoms with Crippen LogP contribution in [0.5, 0.6) is 5.75 Å². The van der Waals surface area contributed by atoms with E-state index in [1.54, 1.807) is 13.2 Å². The van der Waals surface area contributed by atoms with Crippen LogP contribution in [0.25, 0.3) is 0 Å². The van der Waals surface area contributed by atoms with Gasteiger partial charge in [-0.1, -0.05) is 25.8 Å². The van der Waals surface area contributed by atoms with E-state index >= 15 is 0 Å². The third-order valence-electron chi connectivity index (χ3n) is 3.49. The molecular weight excluding hydrogens is 229 g/mol. The molecule has 1 saturated carbocycles. The van der Waals surface area contributed by atoms with Gasteiger partial charge in [0.25, 0.3) is 0 Å². The van der Waals surface area contributed by atoms with Gasteiger partial charge in [0.15, 0.2) is 0 Å². The average molecular weight is 251 g/mol. The van der Waals surface area contributed by atoms with Gasteiger partial charge in [-0.2, -0.15) is 0 Å². The lowest BCUT2D eigenvalue weighted by Crippen LogP contribution is -2.24. The molecule has 2 rings (SSSR count). The van der Waals surface area contributed by atoms with Crippen LogP contribution in [0.1, 0.15) is 44.2 Å². The lowest BCUT2D eigenvalue weighted by molar-refractivity contribution is 0.380. The van der Waals surface area contributed by atoms with E-state index in [9.17, 15) is 4.39 Å². The summed E-state index contributed by atoms with van der Waals surface area (Å²) in [5, 5.41) is 3.45. The highest BCUT2D eigenvalue weighted by Gasteiger charge is 2.29. The molecular formula is C15H22FNO. The van der Waals surface area contributed by atoms with E-state index in [-0.39, 0.29) is 11.9 Å². The van der Waals surface area contributed by atoms with Gasteiger partial charge in [0, 0.05) is 11.6 Å². The number of hydrogen-bond donors (Lipinski definition) is 1. The number of halogens is 1. The quantitative estimate of drug-likeness (QED) is 0.798. The summed E-state index contributed by atoms with van der Waals surface area (Å²) in [4.78, 5) is 0. The highest BCUT2D eigenvalue weighted by molar-refractivity contribution is 5.37. The van der Waals surface area contributed by atoms with Crippen molar-refractivity contribution in [2.75, 3.05) is 13.7 Å². The highest BCUT2D eigenvalue weighted by atomic mass is 19.1. The van der Waals surface area contributed by atoms with Crippen molar-refractivity contribution >= 4 is 0 Å². The monoisotopic (exact) mass is 251 g/mol. The number of hydrogen-bond acceptors (Lipinski definition) is 2. The Morgan fingerprint density at radius 3 is 2.83 bits per heavy atom. The Balaban J connectivity index is 2.21. The maximum Gasteiger partial charge on any atom is 0.131 e. The van der Waals surface area contributed by atoms with E-state index in [1.807, 2.05) is 6.07 Å². The normalized spacial score (nSPS) is 16.6. The van der Waals surface area contributed by atoms with E-state index in [0.29, 0.717) is 11.3 Å². The molecule has 1 N–H and O–H groups in total. The van der Waals surface area contributed by atoms with E-state index in [4.69, 9.17) is 4.74 Å². The predicted octanol–water partition coefficient (Wildman–Crippen LogP) is 3.68. The van der Waals surface area contributed by atoms with E-state index in [2.05, 4.69) is 12.2 Å². The number of rotatable bonds is 7. The maximum absolute atomic E-state index is 14.1. The first-order chi connectivity index (χ1) is 8.76. The highest BCUT2D eigenvalue weighted by Crippen LogP contribution is 2.40. The first-order valence-electron chi connectivity index (χ1n) is 6.82. The van der Waals surface area contributed by atoms with Crippen molar-refractivity contribution in [3.05, 3.63) is 29.6 Å². The Labute approximate surface area is 109 Å². The first kappa shape index (κ1) is 13.3. The standard InChI is InChI=1S/C15H22FNO/c1-3-9-17-13(10-11-7-8-11)15-12(16)5-4-6-14(15)18-2/h4-6,11,13,17H,3,7-10H2,1-2H3. The molecule has 1 unspecified atom stereocenters. The van der Waals surface area contributed by atoms with Crippen LogP contribution in [0.4, 0.5) is 4.39 Å². The molecule has 0 saturated heterocycles. The molecule has 0 spiro atoms. The number of ether oxygens (including phenoxy) is 1. The van der Waals surface area contributed by atoms with Crippen LogP contribution >= 0.6 is 0 Å². The molecule has 100 valence electrons. The first-order valence-corrected chi connectivity index (χ1v) is 6.82. The molecule has 0 radical (unpaired) electrons. The van der Waals surface area contributed by atoms with Crippen molar-refractivity contribution in [1.82, 2.24) is 5.32 Å². The van der Waals surface area contributed by atoms with Crippen LogP contribution in [-0.4, -0.2) is 13.7 Å². The Morgan fingerprint density at radius 2 is 2.22 bits per heavy atom. The van der Waals surface area contributed by atoms with Gasteiger partial charge < -0.3 is 10.1 Å². The Kier molecular flexibility index (Phi) is 4.59. The minimum Gasteiger partial charge on any atom is -0.496 e. The van der Waals surface area contributed by atoms with Crippen LogP contribution in [0, 0.1) is 11.7 Å². The molecule has 1 aliphatic carbocycles. The number of nitrogens with one attached hydrogen (secondary N) is 1. The van der Waals surface area contributed by atoms with Gasteiger partial charge in [0.05, 0.1) is 7.11 Å². The third-order valence-corrected chi connectivity index (χ3v) is 3.49. The van der Waals surface area contributed by atoms with Gasteiger partial charge in [-0.25, -0.2) is 4.39 Å². The van der Waals surface area contributed by atoms with Crippen molar-refractivity contribution in [1.29, 1.82) is 0 Å². The smallest absolute Gasteiger partial charge is 0.131 e.